The Morgan fingerprint density at radius 1 is 0.444 bits per heavy atom. The van der Waals surface area contributed by atoms with Crippen molar-refractivity contribution in [3.63, 3.8) is 0 Å². The molecule has 0 heterocycles. The Morgan fingerprint density at radius 3 is 1.50 bits per heavy atom. The predicted molar refractivity (Wildman–Crippen MR) is 138 cm³/mol. The monoisotopic (exact) mass is 500 g/mol. The average Bonchev–Trinajstić information content (AvgIpc) is 2.89. The fraction of sp³-hybridized carbons (Fsp3) is 0. The Labute approximate surface area is 214 Å². The van der Waals surface area contributed by atoms with Gasteiger partial charge < -0.3 is 28.4 Å². The van der Waals surface area contributed by atoms with Gasteiger partial charge in [-0.2, -0.15) is 0 Å². The summed E-state index contributed by atoms with van der Waals surface area (Å²) in [5.41, 5.74) is 9.37. The fourth-order valence-electron chi connectivity index (χ4n) is 3.20. The average molecular weight is 501 g/mol. The van der Waals surface area contributed by atoms with Gasteiger partial charge in [0.15, 0.2) is 0 Å². The number of hydrazine groups is 1. The lowest BCUT2D eigenvalue weighted by Crippen LogP contribution is -3.00. The van der Waals surface area contributed by atoms with Gasteiger partial charge in [-0.05, 0) is 59.7 Å². The number of hydrogen-bond donors (Lipinski definition) is 5. The van der Waals surface area contributed by atoms with Crippen molar-refractivity contribution in [2.75, 3.05) is 21.4 Å². The Bertz CT molecular complexity index is 1300. The molecular weight excluding hydrogens is 478 g/mol. The first-order valence-corrected chi connectivity index (χ1v) is 10.8. The molecule has 0 saturated heterocycles. The molecule has 0 radical (unpaired) electrons. The quantitative estimate of drug-likeness (QED) is 0.206. The zero-order valence-corrected chi connectivity index (χ0v) is 19.8. The van der Waals surface area contributed by atoms with Gasteiger partial charge in [-0.3, -0.25) is 20.4 Å². The Balaban J connectivity index is 0.00000361. The molecule has 0 aliphatic rings. The van der Waals surface area contributed by atoms with Crippen LogP contribution in [0.4, 0.5) is 27.5 Å². The lowest BCUT2D eigenvalue weighted by Gasteiger charge is -2.11. The molecule has 0 aliphatic carbocycles. The maximum absolute atomic E-state index is 12.2. The van der Waals surface area contributed by atoms with Gasteiger partial charge in [-0.1, -0.05) is 60.7 Å². The first-order chi connectivity index (χ1) is 17.1. The molecule has 5 N–H and O–H groups in total. The van der Waals surface area contributed by atoms with Crippen LogP contribution in [0.1, 0.15) is 0 Å². The second-order valence-electron chi connectivity index (χ2n) is 7.50. The SMILES string of the molecule is O=C(Nc1ccccc1)Nc1ccc(NNC(=O)C(=O)Nc2ccc(-c3ccccc3)cc2)cc1.[Cl-]. The first-order valence-electron chi connectivity index (χ1n) is 10.8. The van der Waals surface area contributed by atoms with Gasteiger partial charge in [0.2, 0.25) is 0 Å². The van der Waals surface area contributed by atoms with E-state index in [1.807, 2.05) is 60.7 Å². The highest BCUT2D eigenvalue weighted by Crippen LogP contribution is 2.21. The number of urea groups is 1. The first kappa shape index (κ1) is 25.8. The van der Waals surface area contributed by atoms with E-state index in [-0.39, 0.29) is 18.4 Å². The summed E-state index contributed by atoms with van der Waals surface area (Å²) in [4.78, 5) is 36.4. The zero-order chi connectivity index (χ0) is 24.5. The van der Waals surface area contributed by atoms with Crippen LogP contribution in [-0.2, 0) is 9.59 Å². The van der Waals surface area contributed by atoms with E-state index in [1.165, 1.54) is 0 Å². The Kier molecular flexibility index (Phi) is 9.02. The Hall–Kier alpha value is -4.82. The van der Waals surface area contributed by atoms with Crippen LogP contribution in [0.5, 0.6) is 0 Å². The van der Waals surface area contributed by atoms with Crippen molar-refractivity contribution < 1.29 is 26.8 Å². The van der Waals surface area contributed by atoms with Gasteiger partial charge in [0.25, 0.3) is 0 Å². The molecule has 0 saturated carbocycles. The van der Waals surface area contributed by atoms with Gasteiger partial charge in [0.1, 0.15) is 0 Å². The minimum Gasteiger partial charge on any atom is -1.00 e. The highest BCUT2D eigenvalue weighted by Gasteiger charge is 2.13. The maximum Gasteiger partial charge on any atom is 0.327 e. The normalized spacial score (nSPS) is 9.78. The van der Waals surface area contributed by atoms with E-state index in [1.54, 1.807) is 48.5 Å². The van der Waals surface area contributed by atoms with Gasteiger partial charge in [0, 0.05) is 17.1 Å². The van der Waals surface area contributed by atoms with Gasteiger partial charge in [0.05, 0.1) is 5.69 Å². The number of hydrogen-bond acceptors (Lipinski definition) is 4. The lowest BCUT2D eigenvalue weighted by molar-refractivity contribution is -0.135. The van der Waals surface area contributed by atoms with E-state index in [0.29, 0.717) is 22.7 Å². The predicted octanol–water partition coefficient (Wildman–Crippen LogP) is 2.08. The Morgan fingerprint density at radius 2 is 0.889 bits per heavy atom. The topological polar surface area (TPSA) is 111 Å². The second-order valence-corrected chi connectivity index (χ2v) is 7.50. The molecule has 0 spiro atoms. The van der Waals surface area contributed by atoms with Gasteiger partial charge in [-0.15, -0.1) is 0 Å². The van der Waals surface area contributed by atoms with Gasteiger partial charge >= 0.3 is 17.8 Å². The minimum absolute atomic E-state index is 0. The standard InChI is InChI=1S/C27H23N5O3.ClH/c33-25(28-22-13-11-20(12-14-22)19-7-3-1-4-8-19)26(34)32-31-24-17-15-23(16-18-24)30-27(35)29-21-9-5-2-6-10-21;/h1-18,31H,(H,28,33)(H,32,34)(H2,29,30,35);1H/p-1. The van der Waals surface area contributed by atoms with Crippen LogP contribution in [0, 0.1) is 0 Å². The lowest BCUT2D eigenvalue weighted by atomic mass is 10.1. The van der Waals surface area contributed by atoms with E-state index >= 15 is 0 Å². The van der Waals surface area contributed by atoms with E-state index < -0.39 is 11.8 Å². The van der Waals surface area contributed by atoms with Crippen molar-refractivity contribution in [1.29, 1.82) is 0 Å². The van der Waals surface area contributed by atoms with Crippen molar-refractivity contribution in [3.05, 3.63) is 109 Å². The summed E-state index contributed by atoms with van der Waals surface area (Å²) in [5.74, 6) is -1.65. The maximum atomic E-state index is 12.2. The van der Waals surface area contributed by atoms with Crippen molar-refractivity contribution in [2.24, 2.45) is 0 Å². The van der Waals surface area contributed by atoms with Crippen molar-refractivity contribution in [2.45, 2.75) is 0 Å². The van der Waals surface area contributed by atoms with E-state index in [0.717, 1.165) is 11.1 Å². The van der Waals surface area contributed by atoms with E-state index in [2.05, 4.69) is 26.8 Å². The summed E-state index contributed by atoms with van der Waals surface area (Å²) in [5, 5.41) is 8.00. The third kappa shape index (κ3) is 7.34. The summed E-state index contributed by atoms with van der Waals surface area (Å²) >= 11 is 0. The summed E-state index contributed by atoms with van der Waals surface area (Å²) < 4.78 is 0. The van der Waals surface area contributed by atoms with Crippen LogP contribution in [0.2, 0.25) is 0 Å². The van der Waals surface area contributed by atoms with Crippen molar-refractivity contribution in [1.82, 2.24) is 5.43 Å². The van der Waals surface area contributed by atoms with E-state index in [9.17, 15) is 14.4 Å². The van der Waals surface area contributed by atoms with Crippen molar-refractivity contribution >= 4 is 40.6 Å². The summed E-state index contributed by atoms with van der Waals surface area (Å²) in [6.45, 7) is 0. The number of benzene rings is 4. The third-order valence-electron chi connectivity index (χ3n) is 4.95. The number of amides is 4. The van der Waals surface area contributed by atoms with Crippen LogP contribution in [0.25, 0.3) is 11.1 Å². The molecule has 0 fully saturated rings. The molecule has 182 valence electrons. The third-order valence-corrected chi connectivity index (χ3v) is 4.95. The molecule has 8 nitrogen and oxygen atoms in total. The van der Waals surface area contributed by atoms with Crippen LogP contribution < -0.4 is 39.2 Å². The van der Waals surface area contributed by atoms with E-state index in [4.69, 9.17) is 0 Å². The van der Waals surface area contributed by atoms with Crippen LogP contribution in [0.15, 0.2) is 109 Å². The highest BCUT2D eigenvalue weighted by atomic mass is 35.5. The number of anilines is 4. The number of nitrogens with one attached hydrogen (secondary N) is 5. The molecular formula is C27H23ClN5O3-. The molecule has 0 aromatic heterocycles. The molecule has 0 atom stereocenters. The fourth-order valence-corrected chi connectivity index (χ4v) is 3.20. The van der Waals surface area contributed by atoms with Gasteiger partial charge in [-0.25, -0.2) is 4.79 Å². The minimum atomic E-state index is -0.846. The highest BCUT2D eigenvalue weighted by molar-refractivity contribution is 6.39. The number of carbonyl (C=O) groups excluding carboxylic acids is 3. The molecule has 4 aromatic rings. The molecule has 9 heteroatoms. The van der Waals surface area contributed by atoms with Crippen LogP contribution >= 0.6 is 0 Å². The second kappa shape index (κ2) is 12.6. The molecule has 4 amide bonds. The molecule has 36 heavy (non-hydrogen) atoms. The molecule has 0 unspecified atom stereocenters. The molecule has 4 aromatic carbocycles. The summed E-state index contributed by atoms with van der Waals surface area (Å²) in [7, 11) is 0. The van der Waals surface area contributed by atoms with Crippen LogP contribution in [-0.4, -0.2) is 17.8 Å². The molecule has 4 rings (SSSR count). The number of para-hydroxylation sites is 1. The number of halogens is 1. The van der Waals surface area contributed by atoms with Crippen LogP contribution in [0.3, 0.4) is 0 Å². The van der Waals surface area contributed by atoms with Crippen molar-refractivity contribution in [3.8, 4) is 11.1 Å². The molecule has 0 bridgehead atoms. The molecule has 0 aliphatic heterocycles. The summed E-state index contributed by atoms with van der Waals surface area (Å²) in [6, 6.07) is 32.4. The zero-order valence-electron chi connectivity index (χ0n) is 19.0. The smallest absolute Gasteiger partial charge is 0.327 e. The summed E-state index contributed by atoms with van der Waals surface area (Å²) in [6.07, 6.45) is 0. The number of carbonyl (C=O) groups is 3. The largest absolute Gasteiger partial charge is 1.00 e. The number of rotatable bonds is 6.